The minimum Gasteiger partial charge on any atom is -0.324 e. The van der Waals surface area contributed by atoms with Crippen molar-refractivity contribution in [2.45, 2.75) is 0 Å². The van der Waals surface area contributed by atoms with E-state index in [9.17, 15) is 4.79 Å². The van der Waals surface area contributed by atoms with Crippen molar-refractivity contribution in [2.75, 3.05) is 7.11 Å². The first-order chi connectivity index (χ1) is 3.41. The molecular formula is C2H5NO2SSi. The second-order valence-corrected chi connectivity index (χ2v) is 3.29. The lowest BCUT2D eigenvalue weighted by atomic mass is 11.7. The highest BCUT2D eigenvalue weighted by molar-refractivity contribution is 8.18. The molecule has 7 heavy (non-hydrogen) atoms. The first kappa shape index (κ1) is 6.91. The van der Waals surface area contributed by atoms with Crippen LogP contribution >= 0.6 is 11.5 Å². The molecule has 0 aliphatic heterocycles. The Kier molecular flexibility index (Phi) is 5.83. The molecular weight excluding hydrogens is 130 g/mol. The van der Waals surface area contributed by atoms with Gasteiger partial charge >= 0.3 is 0 Å². The van der Waals surface area contributed by atoms with Crippen molar-refractivity contribution in [3.8, 4) is 0 Å². The Morgan fingerprint density at radius 1 is 2.00 bits per heavy atom. The zero-order valence-corrected chi connectivity index (χ0v) is 6.11. The molecule has 0 radical (unpaired) electrons. The van der Waals surface area contributed by atoms with Crippen molar-refractivity contribution in [3.05, 3.63) is 0 Å². The van der Waals surface area contributed by atoms with Crippen LogP contribution in [0.3, 0.4) is 0 Å². The fraction of sp³-hybridized carbons (Fsp3) is 0.500. The molecule has 0 aliphatic rings. The topological polar surface area (TPSA) is 38.7 Å². The number of rotatable bonds is 3. The molecule has 0 rings (SSSR count). The predicted molar refractivity (Wildman–Crippen MR) is 31.3 cm³/mol. The van der Waals surface area contributed by atoms with Crippen LogP contribution in [0, 0.1) is 0 Å². The molecule has 40 valence electrons. The Labute approximate surface area is 47.9 Å². The highest BCUT2D eigenvalue weighted by Gasteiger charge is 1.77. The van der Waals surface area contributed by atoms with E-state index in [0.717, 1.165) is 0 Å². The van der Waals surface area contributed by atoms with E-state index in [-0.39, 0.29) is 0 Å². The summed E-state index contributed by atoms with van der Waals surface area (Å²) in [6, 6.07) is 0. The highest BCUT2D eigenvalue weighted by Crippen LogP contribution is 1.92. The number of nitrogens with zero attached hydrogens (tertiary/aromatic N) is 1. The number of isocyanates is 1. The van der Waals surface area contributed by atoms with Gasteiger partial charge in [0, 0.05) is 7.11 Å². The largest absolute Gasteiger partial charge is 0.324 e. The van der Waals surface area contributed by atoms with Crippen LogP contribution in [0.25, 0.3) is 0 Å². The van der Waals surface area contributed by atoms with Crippen LogP contribution in [0.2, 0.25) is 0 Å². The van der Waals surface area contributed by atoms with Gasteiger partial charge in [0.15, 0.2) is 0 Å². The third kappa shape index (κ3) is 5.91. The minimum atomic E-state index is -0.693. The lowest BCUT2D eigenvalue weighted by Crippen LogP contribution is -1.75. The van der Waals surface area contributed by atoms with Gasteiger partial charge in [-0.3, -0.25) is 0 Å². The van der Waals surface area contributed by atoms with E-state index in [1.807, 2.05) is 0 Å². The van der Waals surface area contributed by atoms with Gasteiger partial charge in [-0.05, 0) is 11.5 Å². The van der Waals surface area contributed by atoms with Gasteiger partial charge in [0.2, 0.25) is 6.08 Å². The lowest BCUT2D eigenvalue weighted by molar-refractivity contribution is 0.497. The molecule has 0 N–H and O–H groups in total. The van der Waals surface area contributed by atoms with Crippen LogP contribution in [0.1, 0.15) is 0 Å². The third-order valence-corrected chi connectivity index (χ3v) is 2.31. The molecule has 0 spiro atoms. The predicted octanol–water partition coefficient (Wildman–Crippen LogP) is -0.384. The Morgan fingerprint density at radius 2 is 2.71 bits per heavy atom. The summed E-state index contributed by atoms with van der Waals surface area (Å²) in [5.74, 6) is 0. The molecule has 3 nitrogen and oxygen atoms in total. The Bertz CT molecular complexity index is 81.8. The average Bonchev–Trinajstić information content (AvgIpc) is 1.69. The van der Waals surface area contributed by atoms with Crippen molar-refractivity contribution in [1.82, 2.24) is 0 Å². The fourth-order valence-corrected chi connectivity index (χ4v) is 0.949. The van der Waals surface area contributed by atoms with E-state index in [2.05, 4.69) is 8.84 Å². The molecule has 0 fully saturated rings. The van der Waals surface area contributed by atoms with E-state index < -0.39 is 8.83 Å². The maximum atomic E-state index is 9.35. The second kappa shape index (κ2) is 5.91. The van der Waals surface area contributed by atoms with E-state index in [1.54, 1.807) is 7.11 Å². The Balaban J connectivity index is 2.83. The van der Waals surface area contributed by atoms with Crippen LogP contribution in [-0.2, 0) is 8.98 Å². The molecule has 0 heterocycles. The average molecular weight is 135 g/mol. The van der Waals surface area contributed by atoms with Crippen LogP contribution < -0.4 is 0 Å². The summed E-state index contributed by atoms with van der Waals surface area (Å²) in [5, 5.41) is 0. The highest BCUT2D eigenvalue weighted by atomic mass is 32.4. The molecule has 0 atom stereocenters. The number of hydrogen-bond donors (Lipinski definition) is 0. The summed E-state index contributed by atoms with van der Waals surface area (Å²) in [6.45, 7) is 0. The van der Waals surface area contributed by atoms with E-state index >= 15 is 0 Å². The SMILES string of the molecule is COS[SiH2]N=C=O. The van der Waals surface area contributed by atoms with E-state index in [4.69, 9.17) is 0 Å². The van der Waals surface area contributed by atoms with Crippen LogP contribution in [0.5, 0.6) is 0 Å². The molecule has 0 aromatic carbocycles. The standard InChI is InChI=1S/C2H5NO2SSi/c1-5-6-7-3-2-4/h7H2,1H3. The molecule has 0 saturated carbocycles. The van der Waals surface area contributed by atoms with Gasteiger partial charge < -0.3 is 4.18 Å². The molecule has 0 bridgehead atoms. The summed E-state index contributed by atoms with van der Waals surface area (Å²) >= 11 is 1.24. The normalized spacial score (nSPS) is 9.29. The first-order valence-corrected chi connectivity index (χ1v) is 4.88. The summed E-state index contributed by atoms with van der Waals surface area (Å²) in [5.41, 5.74) is 0. The van der Waals surface area contributed by atoms with Gasteiger partial charge in [-0.1, -0.05) is 0 Å². The van der Waals surface area contributed by atoms with Gasteiger partial charge in [0.05, 0.1) is 0 Å². The molecule has 0 unspecified atom stereocenters. The van der Waals surface area contributed by atoms with Crippen LogP contribution in [-0.4, -0.2) is 22.0 Å². The van der Waals surface area contributed by atoms with Crippen molar-refractivity contribution >= 4 is 26.4 Å². The zero-order chi connectivity index (χ0) is 5.54. The number of hydrogen-bond acceptors (Lipinski definition) is 4. The maximum absolute atomic E-state index is 9.35. The van der Waals surface area contributed by atoms with Crippen molar-refractivity contribution < 1.29 is 8.98 Å². The lowest BCUT2D eigenvalue weighted by Gasteiger charge is -1.82. The summed E-state index contributed by atoms with van der Waals surface area (Å²) < 4.78 is 7.88. The Morgan fingerprint density at radius 3 is 3.14 bits per heavy atom. The van der Waals surface area contributed by atoms with Crippen molar-refractivity contribution in [1.29, 1.82) is 0 Å². The Hall–Kier alpha value is -0.0931. The molecule has 0 aromatic heterocycles. The monoisotopic (exact) mass is 135 g/mol. The van der Waals surface area contributed by atoms with Crippen molar-refractivity contribution in [3.63, 3.8) is 0 Å². The van der Waals surface area contributed by atoms with E-state index in [0.29, 0.717) is 0 Å². The van der Waals surface area contributed by atoms with Gasteiger partial charge in [-0.15, -0.1) is 0 Å². The van der Waals surface area contributed by atoms with Crippen molar-refractivity contribution in [2.24, 2.45) is 4.66 Å². The number of carbonyl (C=O) groups excluding carboxylic acids is 1. The molecule has 0 saturated heterocycles. The molecule has 5 heteroatoms. The molecule has 0 amide bonds. The van der Waals surface area contributed by atoms with Gasteiger partial charge in [0.25, 0.3) is 8.83 Å². The van der Waals surface area contributed by atoms with Gasteiger partial charge in [-0.2, -0.15) is 0 Å². The first-order valence-electron chi connectivity index (χ1n) is 1.61. The third-order valence-electron chi connectivity index (χ3n) is 0.300. The van der Waals surface area contributed by atoms with Gasteiger partial charge in [-0.25, -0.2) is 9.45 Å². The smallest absolute Gasteiger partial charge is 0.259 e. The zero-order valence-electron chi connectivity index (χ0n) is 3.88. The van der Waals surface area contributed by atoms with Gasteiger partial charge in [0.1, 0.15) is 0 Å². The quantitative estimate of drug-likeness (QED) is 0.174. The summed E-state index contributed by atoms with van der Waals surface area (Å²) in [4.78, 5) is 9.35. The molecule has 0 aliphatic carbocycles. The van der Waals surface area contributed by atoms with Crippen LogP contribution in [0.15, 0.2) is 4.66 Å². The molecule has 0 aromatic rings. The van der Waals surface area contributed by atoms with E-state index in [1.165, 1.54) is 17.6 Å². The minimum absolute atomic E-state index is 0.693. The fourth-order valence-electron chi connectivity index (χ4n) is 0.105. The second-order valence-electron chi connectivity index (χ2n) is 0.663. The summed E-state index contributed by atoms with van der Waals surface area (Å²) in [7, 11) is 0.861. The summed E-state index contributed by atoms with van der Waals surface area (Å²) in [6.07, 6.45) is 1.44. The van der Waals surface area contributed by atoms with Crippen LogP contribution in [0.4, 0.5) is 0 Å². The maximum Gasteiger partial charge on any atom is 0.259 e.